The van der Waals surface area contributed by atoms with Crippen LogP contribution in [0, 0.1) is 20.8 Å². The zero-order valence-electron chi connectivity index (χ0n) is 36.0. The van der Waals surface area contributed by atoms with E-state index >= 15 is 0 Å². The Labute approximate surface area is 322 Å². The summed E-state index contributed by atoms with van der Waals surface area (Å²) in [6, 6.07) is 31.7. The molecule has 5 aromatic carbocycles. The van der Waals surface area contributed by atoms with Crippen molar-refractivity contribution in [1.82, 2.24) is 23.7 Å². The maximum Gasteiger partial charge on any atom is 0.503 e. The minimum atomic E-state index is -0.448. The van der Waals surface area contributed by atoms with Crippen molar-refractivity contribution in [3.05, 3.63) is 162 Å². The molecule has 0 aliphatic carbocycles. The summed E-state index contributed by atoms with van der Waals surface area (Å²) in [4.78, 5) is 9.31. The number of hydrogen-bond acceptors (Lipinski definition) is 3. The molecule has 4 heterocycles. The zero-order valence-corrected chi connectivity index (χ0v) is 31.0. The van der Waals surface area contributed by atoms with Crippen molar-refractivity contribution >= 4 is 50.6 Å². The van der Waals surface area contributed by atoms with Gasteiger partial charge in [0.05, 0.1) is 30.2 Å². The van der Waals surface area contributed by atoms with E-state index in [0.29, 0.717) is 22.9 Å². The molecule has 8 aromatic rings. The lowest BCUT2D eigenvalue weighted by Gasteiger charge is -2.20. The van der Waals surface area contributed by atoms with E-state index in [4.69, 9.17) is 16.6 Å². The third-order valence-corrected chi connectivity index (χ3v) is 10.0. The lowest BCUT2D eigenvalue weighted by molar-refractivity contribution is 0.483. The molecular formula is C48H41N5O+2. The molecule has 6 heteroatoms. The third kappa shape index (κ3) is 5.78. The minimum absolute atomic E-state index is 0.0187. The first-order valence-electron chi connectivity index (χ1n) is 20.5. The summed E-state index contributed by atoms with van der Waals surface area (Å²) in [5.74, 6) is 1.99. The van der Waals surface area contributed by atoms with Gasteiger partial charge in [-0.2, -0.15) is 0 Å². The molecule has 0 fully saturated rings. The predicted molar refractivity (Wildman–Crippen MR) is 222 cm³/mol. The largest absolute Gasteiger partial charge is 0.503 e. The Morgan fingerprint density at radius 2 is 1.43 bits per heavy atom. The average molecular weight is 709 g/mol. The van der Waals surface area contributed by atoms with E-state index in [1.807, 2.05) is 71.6 Å². The van der Waals surface area contributed by atoms with Gasteiger partial charge < -0.3 is 4.74 Å². The van der Waals surface area contributed by atoms with Gasteiger partial charge in [0.25, 0.3) is 11.4 Å². The van der Waals surface area contributed by atoms with Crippen LogP contribution in [0.2, 0.25) is 0 Å². The second kappa shape index (κ2) is 12.8. The molecule has 0 unspecified atom stereocenters. The number of aromatic nitrogens is 3. The second-order valence-corrected chi connectivity index (χ2v) is 14.9. The highest BCUT2D eigenvalue weighted by Crippen LogP contribution is 2.41. The quantitative estimate of drug-likeness (QED) is 0.162. The van der Waals surface area contributed by atoms with Crippen LogP contribution in [0.4, 0.5) is 22.7 Å². The Morgan fingerprint density at radius 1 is 0.704 bits per heavy atom. The van der Waals surface area contributed by atoms with Gasteiger partial charge in [-0.1, -0.05) is 68.7 Å². The smallest absolute Gasteiger partial charge is 0.457 e. The molecule has 0 atom stereocenters. The first-order chi connectivity index (χ1) is 28.2. The summed E-state index contributed by atoms with van der Waals surface area (Å²) in [6.07, 6.45) is 5.54. The van der Waals surface area contributed by atoms with Gasteiger partial charge in [0.1, 0.15) is 17.3 Å². The van der Waals surface area contributed by atoms with Gasteiger partial charge in [0.2, 0.25) is 11.4 Å². The Kier molecular flexibility index (Phi) is 6.63. The Morgan fingerprint density at radius 3 is 2.17 bits per heavy atom. The third-order valence-electron chi connectivity index (χ3n) is 10.0. The van der Waals surface area contributed by atoms with Crippen LogP contribution in [-0.2, 0) is 5.41 Å². The number of pyridine rings is 2. The van der Waals surface area contributed by atoms with Crippen LogP contribution in [0.1, 0.15) is 49.9 Å². The molecule has 0 saturated heterocycles. The highest BCUT2D eigenvalue weighted by Gasteiger charge is 2.36. The lowest BCUT2D eigenvalue weighted by atomic mass is 9.88. The topological polar surface area (TPSA) is 46.0 Å². The summed E-state index contributed by atoms with van der Waals surface area (Å²) in [5.41, 5.74) is 10.4. The van der Waals surface area contributed by atoms with E-state index in [-0.39, 0.29) is 23.2 Å². The van der Waals surface area contributed by atoms with Gasteiger partial charge in [-0.15, -0.1) is 0 Å². The van der Waals surface area contributed by atoms with Crippen molar-refractivity contribution in [3.63, 3.8) is 0 Å². The summed E-state index contributed by atoms with van der Waals surface area (Å²) in [5, 5.41) is 2.10. The Balaban J connectivity index is 1.25. The second-order valence-electron chi connectivity index (χ2n) is 14.9. The van der Waals surface area contributed by atoms with Crippen molar-refractivity contribution in [2.24, 2.45) is 0 Å². The lowest BCUT2D eigenvalue weighted by Crippen LogP contribution is -2.12. The maximum atomic E-state index is 8.78. The van der Waals surface area contributed by atoms with E-state index in [2.05, 4.69) is 93.5 Å². The van der Waals surface area contributed by atoms with Gasteiger partial charge >= 0.3 is 6.01 Å². The van der Waals surface area contributed by atoms with E-state index in [1.54, 1.807) is 10.8 Å². The number of rotatable bonds is 6. The van der Waals surface area contributed by atoms with E-state index in [9.17, 15) is 0 Å². The van der Waals surface area contributed by atoms with Crippen LogP contribution in [-0.4, -0.2) is 20.5 Å². The SMILES string of the molecule is [2H]c1c([2H])c([2H])c([N+]2=C=[N+](c3cc(Oc4ccc5c6ccncc6n(-c6cc(C(C)(C)C)ccn6)c5c4)cc(-c4c(C)cc(C)cc4C)c3)c3ccccc32)c([2H])c1[2H]. The van der Waals surface area contributed by atoms with E-state index in [0.717, 1.165) is 55.6 Å². The number of hydrogen-bond donors (Lipinski definition) is 0. The highest BCUT2D eigenvalue weighted by molar-refractivity contribution is 6.09. The van der Waals surface area contributed by atoms with Crippen LogP contribution >= 0.6 is 0 Å². The molecule has 0 spiro atoms. The molecular weight excluding hydrogens is 663 g/mol. The first-order valence-corrected chi connectivity index (χ1v) is 18.0. The zero-order chi connectivity index (χ0) is 41.5. The van der Waals surface area contributed by atoms with Crippen molar-refractivity contribution in [1.29, 1.82) is 0 Å². The monoisotopic (exact) mass is 708 g/mol. The molecule has 0 saturated carbocycles. The van der Waals surface area contributed by atoms with Crippen LogP contribution in [0.3, 0.4) is 0 Å². The van der Waals surface area contributed by atoms with Crippen LogP contribution < -0.4 is 13.9 Å². The summed E-state index contributed by atoms with van der Waals surface area (Å²) < 4.78 is 54.9. The molecule has 1 aliphatic rings. The number of para-hydroxylation sites is 3. The van der Waals surface area contributed by atoms with Crippen LogP contribution in [0.5, 0.6) is 11.5 Å². The molecule has 262 valence electrons. The standard InChI is InChI=1S/C48H41N5O/c1-31-22-32(2)47(33(3)23-31)34-24-37(52-30-51(36-12-8-7-9-13-36)42-14-10-11-15-43(42)52)27-39(25-34)54-38-16-17-40-41-19-20-49-29-45(41)53(44(40)28-38)46-26-35(18-21-50-46)48(4,5)6/h7-29H,1-6H3/q+2/i7D,8D,9D,12D,13D. The van der Waals surface area contributed by atoms with Crippen molar-refractivity contribution in [3.8, 4) is 28.4 Å². The molecule has 0 N–H and O–H groups in total. The summed E-state index contributed by atoms with van der Waals surface area (Å²) in [7, 11) is 0. The fraction of sp³-hybridized carbons (Fsp3) is 0.146. The fourth-order valence-corrected chi connectivity index (χ4v) is 7.62. The van der Waals surface area contributed by atoms with E-state index < -0.39 is 18.1 Å². The highest BCUT2D eigenvalue weighted by atomic mass is 16.5. The number of benzene rings is 5. The van der Waals surface area contributed by atoms with Gasteiger partial charge in [0, 0.05) is 59.5 Å². The van der Waals surface area contributed by atoms with Gasteiger partial charge in [-0.05, 0) is 99.6 Å². The molecule has 1 aliphatic heterocycles. The van der Waals surface area contributed by atoms with E-state index in [1.165, 1.54) is 11.1 Å². The van der Waals surface area contributed by atoms with Crippen LogP contribution in [0.25, 0.3) is 38.8 Å². The summed E-state index contributed by atoms with van der Waals surface area (Å²) in [6.45, 7) is 12.9. The van der Waals surface area contributed by atoms with Gasteiger partial charge in [-0.25, -0.2) is 4.98 Å². The normalized spacial score (nSPS) is 13.9. The average Bonchev–Trinajstić information content (AvgIpc) is 3.75. The Hall–Kier alpha value is -6.62. The Bertz CT molecular complexity index is 3100. The number of fused-ring (bicyclic) bond motifs is 4. The molecule has 6 nitrogen and oxygen atoms in total. The van der Waals surface area contributed by atoms with Crippen LogP contribution in [0.15, 0.2) is 140 Å². The molecule has 0 amide bonds. The number of aryl methyl sites for hydroxylation is 3. The van der Waals surface area contributed by atoms with Crippen molar-refractivity contribution in [2.45, 2.75) is 47.0 Å². The molecule has 0 bridgehead atoms. The van der Waals surface area contributed by atoms with Crippen molar-refractivity contribution in [2.75, 3.05) is 0 Å². The van der Waals surface area contributed by atoms with Gasteiger partial charge in [0.15, 0.2) is 0 Å². The number of nitrogens with zero attached hydrogens (tertiary/aromatic N) is 5. The molecule has 0 radical (unpaired) electrons. The molecule has 9 rings (SSSR count). The molecule has 54 heavy (non-hydrogen) atoms. The number of ether oxygens (including phenoxy) is 1. The minimum Gasteiger partial charge on any atom is -0.457 e. The fourth-order valence-electron chi connectivity index (χ4n) is 7.62. The van der Waals surface area contributed by atoms with Crippen molar-refractivity contribution < 1.29 is 11.6 Å². The predicted octanol–water partition coefficient (Wildman–Crippen LogP) is 12.1. The molecule has 3 aromatic heterocycles. The van der Waals surface area contributed by atoms with Gasteiger partial charge in [-0.3, -0.25) is 9.55 Å². The first kappa shape index (κ1) is 28.0. The maximum absolute atomic E-state index is 8.78. The summed E-state index contributed by atoms with van der Waals surface area (Å²) >= 11 is 0.